The van der Waals surface area contributed by atoms with E-state index in [-0.39, 0.29) is 5.82 Å². The van der Waals surface area contributed by atoms with Crippen molar-refractivity contribution in [3.8, 4) is 0 Å². The molecule has 0 radical (unpaired) electrons. The Bertz CT molecular complexity index is 539. The van der Waals surface area contributed by atoms with Crippen molar-refractivity contribution in [1.29, 1.82) is 0 Å². The van der Waals surface area contributed by atoms with Gasteiger partial charge in [-0.05, 0) is 56.4 Å². The lowest BCUT2D eigenvalue weighted by molar-refractivity contribution is 0.0574. The number of rotatable bonds is 6. The molecular weight excluding hydrogens is 293 g/mol. The van der Waals surface area contributed by atoms with Crippen molar-refractivity contribution in [2.45, 2.75) is 51.6 Å². The molecule has 2 rings (SSSR count). The Morgan fingerprint density at radius 2 is 2.04 bits per heavy atom. The Morgan fingerprint density at radius 1 is 1.30 bits per heavy atom. The van der Waals surface area contributed by atoms with E-state index in [0.29, 0.717) is 6.54 Å². The number of hydrogen-bond donors (Lipinski definition) is 3. The van der Waals surface area contributed by atoms with Gasteiger partial charge in [0.2, 0.25) is 0 Å². The zero-order valence-electron chi connectivity index (χ0n) is 14.2. The van der Waals surface area contributed by atoms with E-state index in [1.54, 1.807) is 6.07 Å². The number of halogens is 1. The smallest absolute Gasteiger partial charge is 0.191 e. The van der Waals surface area contributed by atoms with Crippen LogP contribution in [0.2, 0.25) is 0 Å². The van der Waals surface area contributed by atoms with Crippen molar-refractivity contribution in [1.82, 2.24) is 10.6 Å². The molecule has 1 saturated carbocycles. The third-order valence-electron chi connectivity index (χ3n) is 4.40. The molecule has 128 valence electrons. The Kier molecular flexibility index (Phi) is 6.39. The zero-order chi connectivity index (χ0) is 16.7. The number of benzene rings is 1. The molecule has 4 nitrogen and oxygen atoms in total. The highest BCUT2D eigenvalue weighted by atomic mass is 19.1. The SMILES string of the molecule is CCNC(=NCC1(O)CCCC1)NCCc1ccc(F)cc1C. The molecule has 0 bridgehead atoms. The van der Waals surface area contributed by atoms with Crippen LogP contribution in [-0.4, -0.2) is 36.3 Å². The first-order chi connectivity index (χ1) is 11.0. The number of nitrogens with one attached hydrogen (secondary N) is 2. The molecule has 1 aromatic carbocycles. The topological polar surface area (TPSA) is 56.7 Å². The minimum absolute atomic E-state index is 0.195. The average Bonchev–Trinajstić information content (AvgIpc) is 2.94. The maximum Gasteiger partial charge on any atom is 0.191 e. The molecule has 0 aromatic heterocycles. The van der Waals surface area contributed by atoms with E-state index in [4.69, 9.17) is 0 Å². The first-order valence-electron chi connectivity index (χ1n) is 8.52. The normalized spacial score (nSPS) is 17.3. The molecule has 0 saturated heterocycles. The summed E-state index contributed by atoms with van der Waals surface area (Å²) in [5, 5.41) is 16.9. The fourth-order valence-corrected chi connectivity index (χ4v) is 3.01. The first-order valence-corrected chi connectivity index (χ1v) is 8.52. The quantitative estimate of drug-likeness (QED) is 0.557. The summed E-state index contributed by atoms with van der Waals surface area (Å²) < 4.78 is 13.1. The number of nitrogens with zero attached hydrogens (tertiary/aromatic N) is 1. The number of guanidine groups is 1. The molecule has 0 spiro atoms. The summed E-state index contributed by atoms with van der Waals surface area (Å²) in [5.74, 6) is 0.534. The van der Waals surface area contributed by atoms with Crippen LogP contribution in [-0.2, 0) is 6.42 Å². The van der Waals surface area contributed by atoms with Crippen LogP contribution in [0.1, 0.15) is 43.7 Å². The number of aryl methyl sites for hydroxylation is 1. The molecule has 0 heterocycles. The van der Waals surface area contributed by atoms with Crippen LogP contribution in [0, 0.1) is 12.7 Å². The molecule has 0 amide bonds. The van der Waals surface area contributed by atoms with Crippen LogP contribution >= 0.6 is 0 Å². The molecule has 1 aliphatic rings. The Morgan fingerprint density at radius 3 is 2.70 bits per heavy atom. The molecule has 0 unspecified atom stereocenters. The molecule has 5 heteroatoms. The Hall–Kier alpha value is -1.62. The van der Waals surface area contributed by atoms with Crippen molar-refractivity contribution < 1.29 is 9.50 Å². The van der Waals surface area contributed by atoms with Gasteiger partial charge in [0.25, 0.3) is 0 Å². The number of aliphatic imine (C=N–C) groups is 1. The van der Waals surface area contributed by atoms with Gasteiger partial charge in [0.15, 0.2) is 5.96 Å². The van der Waals surface area contributed by atoms with Crippen molar-refractivity contribution in [3.63, 3.8) is 0 Å². The van der Waals surface area contributed by atoms with Crippen molar-refractivity contribution in [3.05, 3.63) is 35.1 Å². The highest BCUT2D eigenvalue weighted by molar-refractivity contribution is 5.79. The summed E-state index contributed by atoms with van der Waals surface area (Å²) in [7, 11) is 0. The summed E-state index contributed by atoms with van der Waals surface area (Å²) in [4.78, 5) is 4.52. The van der Waals surface area contributed by atoms with Gasteiger partial charge < -0.3 is 15.7 Å². The molecule has 1 aromatic rings. The maximum atomic E-state index is 13.1. The van der Waals surface area contributed by atoms with Crippen LogP contribution in [0.4, 0.5) is 4.39 Å². The van der Waals surface area contributed by atoms with Gasteiger partial charge in [-0.15, -0.1) is 0 Å². The predicted molar refractivity (Wildman–Crippen MR) is 92.2 cm³/mol. The Balaban J connectivity index is 1.86. The minimum atomic E-state index is -0.629. The van der Waals surface area contributed by atoms with Gasteiger partial charge in [0.1, 0.15) is 5.82 Å². The molecule has 3 N–H and O–H groups in total. The second kappa shape index (κ2) is 8.29. The summed E-state index contributed by atoms with van der Waals surface area (Å²) in [5.41, 5.74) is 1.47. The minimum Gasteiger partial charge on any atom is -0.388 e. The molecule has 0 aliphatic heterocycles. The van der Waals surface area contributed by atoms with E-state index in [0.717, 1.165) is 62.3 Å². The van der Waals surface area contributed by atoms with E-state index < -0.39 is 5.60 Å². The molecule has 1 aliphatic carbocycles. The Labute approximate surface area is 138 Å². The van der Waals surface area contributed by atoms with Crippen LogP contribution in [0.3, 0.4) is 0 Å². The molecule has 23 heavy (non-hydrogen) atoms. The van der Waals surface area contributed by atoms with Gasteiger partial charge >= 0.3 is 0 Å². The lowest BCUT2D eigenvalue weighted by atomic mass is 10.0. The fraction of sp³-hybridized carbons (Fsp3) is 0.611. The second-order valence-electron chi connectivity index (χ2n) is 6.37. The van der Waals surface area contributed by atoms with Gasteiger partial charge in [-0.2, -0.15) is 0 Å². The third kappa shape index (κ3) is 5.50. The number of aliphatic hydroxyl groups is 1. The van der Waals surface area contributed by atoms with E-state index in [9.17, 15) is 9.50 Å². The summed E-state index contributed by atoms with van der Waals surface area (Å²) in [6.45, 7) is 5.88. The highest BCUT2D eigenvalue weighted by Crippen LogP contribution is 2.29. The standard InChI is InChI=1S/C18H28FN3O/c1-3-20-17(22-13-18(23)9-4-5-10-18)21-11-8-15-6-7-16(19)12-14(15)2/h6-7,12,23H,3-5,8-11,13H2,1-2H3,(H2,20,21,22). The van der Waals surface area contributed by atoms with E-state index in [1.807, 2.05) is 19.9 Å². The zero-order valence-corrected chi connectivity index (χ0v) is 14.2. The highest BCUT2D eigenvalue weighted by Gasteiger charge is 2.30. The number of hydrogen-bond acceptors (Lipinski definition) is 2. The van der Waals surface area contributed by atoms with Crippen LogP contribution in [0.25, 0.3) is 0 Å². The van der Waals surface area contributed by atoms with Crippen molar-refractivity contribution in [2.75, 3.05) is 19.6 Å². The van der Waals surface area contributed by atoms with Gasteiger partial charge in [0.05, 0.1) is 12.1 Å². The molecule has 0 atom stereocenters. The van der Waals surface area contributed by atoms with Gasteiger partial charge in [0, 0.05) is 13.1 Å². The van der Waals surface area contributed by atoms with Crippen LogP contribution in [0.5, 0.6) is 0 Å². The summed E-state index contributed by atoms with van der Waals surface area (Å²) in [6, 6.07) is 4.89. The maximum absolute atomic E-state index is 13.1. The van der Waals surface area contributed by atoms with E-state index in [1.165, 1.54) is 6.07 Å². The van der Waals surface area contributed by atoms with Gasteiger partial charge in [-0.25, -0.2) is 4.39 Å². The van der Waals surface area contributed by atoms with E-state index >= 15 is 0 Å². The second-order valence-corrected chi connectivity index (χ2v) is 6.37. The van der Waals surface area contributed by atoms with Crippen molar-refractivity contribution >= 4 is 5.96 Å². The van der Waals surface area contributed by atoms with Crippen molar-refractivity contribution in [2.24, 2.45) is 4.99 Å². The monoisotopic (exact) mass is 321 g/mol. The largest absolute Gasteiger partial charge is 0.388 e. The van der Waals surface area contributed by atoms with Gasteiger partial charge in [-0.1, -0.05) is 18.9 Å². The van der Waals surface area contributed by atoms with Crippen LogP contribution in [0.15, 0.2) is 23.2 Å². The fourth-order valence-electron chi connectivity index (χ4n) is 3.01. The van der Waals surface area contributed by atoms with E-state index in [2.05, 4.69) is 15.6 Å². The lowest BCUT2D eigenvalue weighted by Gasteiger charge is -2.20. The average molecular weight is 321 g/mol. The summed E-state index contributed by atoms with van der Waals surface area (Å²) in [6.07, 6.45) is 4.65. The molecule has 1 fully saturated rings. The first kappa shape index (κ1) is 17.7. The van der Waals surface area contributed by atoms with Gasteiger partial charge in [-0.3, -0.25) is 4.99 Å². The lowest BCUT2D eigenvalue weighted by Crippen LogP contribution is -2.40. The molecular formula is C18H28FN3O. The van der Waals surface area contributed by atoms with Crippen LogP contribution < -0.4 is 10.6 Å². The summed E-state index contributed by atoms with van der Waals surface area (Å²) >= 11 is 0. The third-order valence-corrected chi connectivity index (χ3v) is 4.40. The predicted octanol–water partition coefficient (Wildman–Crippen LogP) is 2.54.